The van der Waals surface area contributed by atoms with Gasteiger partial charge in [0.15, 0.2) is 9.84 Å². The Morgan fingerprint density at radius 3 is 2.29 bits per heavy atom. The van der Waals surface area contributed by atoms with Crippen LogP contribution in [0.5, 0.6) is 0 Å². The lowest BCUT2D eigenvalue weighted by Crippen LogP contribution is -2.24. The van der Waals surface area contributed by atoms with Crippen molar-refractivity contribution in [3.8, 4) is 0 Å². The zero-order valence-electron chi connectivity index (χ0n) is 15.1. The van der Waals surface area contributed by atoms with Crippen LogP contribution in [0.2, 0.25) is 0 Å². The van der Waals surface area contributed by atoms with Crippen LogP contribution in [0.1, 0.15) is 27.8 Å². The molecule has 1 unspecified atom stereocenters. The summed E-state index contributed by atoms with van der Waals surface area (Å²) < 4.78 is 24.4. The third-order valence-electron chi connectivity index (χ3n) is 4.23. The van der Waals surface area contributed by atoms with Gasteiger partial charge in [0.2, 0.25) is 5.91 Å². The second kappa shape index (κ2) is 9.14. The molecule has 1 heterocycles. The van der Waals surface area contributed by atoms with Crippen molar-refractivity contribution in [3.05, 3.63) is 88.1 Å². The van der Waals surface area contributed by atoms with Gasteiger partial charge in [-0.3, -0.25) is 4.79 Å². The number of sulfone groups is 1. The van der Waals surface area contributed by atoms with Crippen LogP contribution in [0.3, 0.4) is 0 Å². The summed E-state index contributed by atoms with van der Waals surface area (Å²) in [6.45, 7) is 0.302. The van der Waals surface area contributed by atoms with Crippen molar-refractivity contribution < 1.29 is 18.3 Å². The Kier molecular flexibility index (Phi) is 6.61. The van der Waals surface area contributed by atoms with Crippen molar-refractivity contribution in [2.75, 3.05) is 5.75 Å². The van der Waals surface area contributed by atoms with Crippen molar-refractivity contribution in [1.29, 1.82) is 0 Å². The highest BCUT2D eigenvalue weighted by molar-refractivity contribution is 7.91. The van der Waals surface area contributed by atoms with E-state index in [4.69, 9.17) is 0 Å². The van der Waals surface area contributed by atoms with E-state index in [1.807, 2.05) is 42.5 Å². The molecule has 0 fully saturated rings. The monoisotopic (exact) mass is 415 g/mol. The van der Waals surface area contributed by atoms with Crippen LogP contribution in [-0.2, 0) is 21.2 Å². The van der Waals surface area contributed by atoms with Crippen molar-refractivity contribution in [1.82, 2.24) is 5.32 Å². The number of hydrogen-bond acceptors (Lipinski definition) is 5. The fourth-order valence-corrected chi connectivity index (χ4v) is 4.91. The lowest BCUT2D eigenvalue weighted by molar-refractivity contribution is -0.120. The maximum absolute atomic E-state index is 12.2. The summed E-state index contributed by atoms with van der Waals surface area (Å²) in [7, 11) is -3.47. The quantitative estimate of drug-likeness (QED) is 0.591. The molecule has 3 rings (SSSR count). The minimum Gasteiger partial charge on any atom is -0.383 e. The Balaban J connectivity index is 1.51. The summed E-state index contributed by atoms with van der Waals surface area (Å²) in [5, 5.41) is 13.2. The van der Waals surface area contributed by atoms with E-state index in [2.05, 4.69) is 5.32 Å². The number of aliphatic hydroxyl groups excluding tert-OH is 1. The fourth-order valence-electron chi connectivity index (χ4n) is 2.68. The van der Waals surface area contributed by atoms with Gasteiger partial charge in [-0.25, -0.2) is 8.42 Å². The summed E-state index contributed by atoms with van der Waals surface area (Å²) in [4.78, 5) is 13.9. The number of thiophene rings is 1. The van der Waals surface area contributed by atoms with Crippen LogP contribution in [0.4, 0.5) is 0 Å². The predicted molar refractivity (Wildman–Crippen MR) is 110 cm³/mol. The molecule has 146 valence electrons. The first-order valence-corrected chi connectivity index (χ1v) is 11.3. The van der Waals surface area contributed by atoms with Crippen LogP contribution in [0.15, 0.2) is 77.7 Å². The Morgan fingerprint density at radius 2 is 1.61 bits per heavy atom. The molecule has 5 nitrogen and oxygen atoms in total. The molecule has 0 aliphatic rings. The molecular formula is C21H21NO4S2. The fraction of sp³-hybridized carbons (Fsp3) is 0.190. The Morgan fingerprint density at radius 1 is 0.964 bits per heavy atom. The van der Waals surface area contributed by atoms with Gasteiger partial charge in [0, 0.05) is 16.2 Å². The smallest absolute Gasteiger partial charge is 0.221 e. The van der Waals surface area contributed by atoms with Gasteiger partial charge in [0.25, 0.3) is 0 Å². The summed E-state index contributed by atoms with van der Waals surface area (Å²) >= 11 is 1.42. The maximum atomic E-state index is 12.2. The van der Waals surface area contributed by atoms with Gasteiger partial charge in [-0.2, -0.15) is 0 Å². The average molecular weight is 416 g/mol. The molecule has 0 spiro atoms. The number of nitrogens with one attached hydrogen (secondary N) is 1. The van der Waals surface area contributed by atoms with Crippen LogP contribution in [0.25, 0.3) is 0 Å². The molecule has 0 bridgehead atoms. The Bertz CT molecular complexity index is 1010. The zero-order valence-corrected chi connectivity index (χ0v) is 16.7. The molecule has 0 aliphatic carbocycles. The normalized spacial score (nSPS) is 12.5. The molecule has 3 aromatic rings. The molecule has 1 amide bonds. The van der Waals surface area contributed by atoms with Gasteiger partial charge < -0.3 is 10.4 Å². The van der Waals surface area contributed by atoms with E-state index in [0.717, 1.165) is 15.3 Å². The molecule has 7 heteroatoms. The number of hydrogen-bond donors (Lipinski definition) is 2. The van der Waals surface area contributed by atoms with Gasteiger partial charge in [-0.05, 0) is 29.8 Å². The number of aliphatic hydroxyl groups is 1. The largest absolute Gasteiger partial charge is 0.383 e. The van der Waals surface area contributed by atoms with E-state index < -0.39 is 15.9 Å². The summed E-state index contributed by atoms with van der Waals surface area (Å²) in [5.41, 5.74) is 0.811. The van der Waals surface area contributed by atoms with Gasteiger partial charge >= 0.3 is 0 Å². The third-order valence-corrected chi connectivity index (χ3v) is 7.10. The molecule has 0 radical (unpaired) electrons. The van der Waals surface area contributed by atoms with Gasteiger partial charge in [-0.15, -0.1) is 11.3 Å². The highest BCUT2D eigenvalue weighted by Crippen LogP contribution is 2.28. The molecule has 1 atom stereocenters. The summed E-state index contributed by atoms with van der Waals surface area (Å²) in [6.07, 6.45) is -0.797. The van der Waals surface area contributed by atoms with Crippen LogP contribution < -0.4 is 5.32 Å². The highest BCUT2D eigenvalue weighted by Gasteiger charge is 2.16. The molecule has 2 N–H and O–H groups in total. The standard InChI is InChI=1S/C21H21NO4S2/c23-20(13-14-28(25,26)18-9-5-2-6-10-18)22-15-17-11-12-19(27-17)21(24)16-7-3-1-4-8-16/h1-12,21,24H,13-15H2,(H,22,23). The van der Waals surface area contributed by atoms with Gasteiger partial charge in [-0.1, -0.05) is 48.5 Å². The van der Waals surface area contributed by atoms with Gasteiger partial charge in [0.1, 0.15) is 6.10 Å². The average Bonchev–Trinajstić information content (AvgIpc) is 3.20. The molecule has 2 aromatic carbocycles. The second-order valence-electron chi connectivity index (χ2n) is 6.28. The number of benzene rings is 2. The van der Waals surface area contributed by atoms with Crippen molar-refractivity contribution in [3.63, 3.8) is 0 Å². The van der Waals surface area contributed by atoms with Crippen LogP contribution in [-0.4, -0.2) is 25.2 Å². The SMILES string of the molecule is O=C(CCS(=O)(=O)c1ccccc1)NCc1ccc(C(O)c2ccccc2)s1. The van der Waals surface area contributed by atoms with Crippen molar-refractivity contribution >= 4 is 27.1 Å². The summed E-state index contributed by atoms with van der Waals surface area (Å²) in [5.74, 6) is -0.552. The van der Waals surface area contributed by atoms with Crippen molar-refractivity contribution in [2.45, 2.75) is 24.0 Å². The second-order valence-corrected chi connectivity index (χ2v) is 9.59. The number of rotatable bonds is 8. The van der Waals surface area contributed by atoms with E-state index in [-0.39, 0.29) is 23.0 Å². The maximum Gasteiger partial charge on any atom is 0.221 e. The highest BCUT2D eigenvalue weighted by atomic mass is 32.2. The van der Waals surface area contributed by atoms with E-state index in [1.54, 1.807) is 18.2 Å². The predicted octanol–water partition coefficient (Wildman–Crippen LogP) is 3.31. The first kappa shape index (κ1) is 20.3. The Labute approximate surface area is 168 Å². The number of carbonyl (C=O) groups excluding carboxylic acids is 1. The first-order chi connectivity index (χ1) is 13.5. The first-order valence-electron chi connectivity index (χ1n) is 8.82. The number of carbonyl (C=O) groups is 1. The summed E-state index contributed by atoms with van der Waals surface area (Å²) in [6, 6.07) is 21.2. The minimum absolute atomic E-state index is 0.0951. The molecule has 0 aliphatic heterocycles. The van der Waals surface area contributed by atoms with E-state index >= 15 is 0 Å². The van der Waals surface area contributed by atoms with Gasteiger partial charge in [0.05, 0.1) is 17.2 Å². The lowest BCUT2D eigenvalue weighted by Gasteiger charge is -2.08. The van der Waals surface area contributed by atoms with E-state index in [9.17, 15) is 18.3 Å². The van der Waals surface area contributed by atoms with Crippen molar-refractivity contribution in [2.24, 2.45) is 0 Å². The lowest BCUT2D eigenvalue weighted by atomic mass is 10.1. The van der Waals surface area contributed by atoms with Crippen LogP contribution >= 0.6 is 11.3 Å². The van der Waals surface area contributed by atoms with Crippen LogP contribution in [0, 0.1) is 0 Å². The molecule has 0 saturated heterocycles. The number of amides is 1. The topological polar surface area (TPSA) is 83.5 Å². The Hall–Kier alpha value is -2.48. The zero-order chi connectivity index (χ0) is 20.0. The molecular weight excluding hydrogens is 394 g/mol. The van der Waals surface area contributed by atoms with E-state index in [0.29, 0.717) is 6.54 Å². The minimum atomic E-state index is -3.47. The molecule has 1 aromatic heterocycles. The molecule has 28 heavy (non-hydrogen) atoms. The van der Waals surface area contributed by atoms with E-state index in [1.165, 1.54) is 23.5 Å². The molecule has 0 saturated carbocycles. The third kappa shape index (κ3) is 5.28.